The second-order valence-electron chi connectivity index (χ2n) is 4.67. The molecule has 0 saturated carbocycles. The molecule has 0 aliphatic carbocycles. The van der Waals surface area contributed by atoms with Gasteiger partial charge in [0, 0.05) is 6.08 Å². The maximum absolute atomic E-state index is 12.0. The molecule has 0 aliphatic heterocycles. The van der Waals surface area contributed by atoms with Crippen molar-refractivity contribution in [1.82, 2.24) is 10.6 Å². The summed E-state index contributed by atoms with van der Waals surface area (Å²) < 4.78 is 40.9. The van der Waals surface area contributed by atoms with Crippen molar-refractivity contribution in [3.05, 3.63) is 35.9 Å². The average molecular weight is 330 g/mol. The number of rotatable bonds is 6. The SMILES string of the molecule is COc1ccc(/C=C/C(=O)NC(C)C(=O)NCC(F)(F)F)cc1. The molecule has 0 spiro atoms. The molecule has 0 fully saturated rings. The molecule has 2 amide bonds. The Labute approximate surface area is 131 Å². The Kier molecular flexibility index (Phi) is 6.62. The van der Waals surface area contributed by atoms with Crippen molar-refractivity contribution in [3.8, 4) is 5.75 Å². The van der Waals surface area contributed by atoms with Gasteiger partial charge in [-0.25, -0.2) is 0 Å². The molecule has 5 nitrogen and oxygen atoms in total. The van der Waals surface area contributed by atoms with Crippen molar-refractivity contribution in [2.24, 2.45) is 0 Å². The molecule has 0 heterocycles. The number of nitrogens with one attached hydrogen (secondary N) is 2. The van der Waals surface area contributed by atoms with Crippen LogP contribution in [-0.4, -0.2) is 37.7 Å². The van der Waals surface area contributed by atoms with Gasteiger partial charge >= 0.3 is 6.18 Å². The van der Waals surface area contributed by atoms with E-state index in [0.29, 0.717) is 5.75 Å². The lowest BCUT2D eigenvalue weighted by Gasteiger charge is -2.14. The van der Waals surface area contributed by atoms with E-state index in [9.17, 15) is 22.8 Å². The number of carbonyl (C=O) groups is 2. The van der Waals surface area contributed by atoms with Crippen LogP contribution in [0.4, 0.5) is 13.2 Å². The summed E-state index contributed by atoms with van der Waals surface area (Å²) in [5, 5.41) is 3.98. The van der Waals surface area contributed by atoms with E-state index in [4.69, 9.17) is 4.74 Å². The van der Waals surface area contributed by atoms with Crippen LogP contribution in [0.25, 0.3) is 6.08 Å². The maximum atomic E-state index is 12.0. The predicted octanol–water partition coefficient (Wildman–Crippen LogP) is 1.89. The number of hydrogen-bond acceptors (Lipinski definition) is 3. The molecule has 0 radical (unpaired) electrons. The zero-order valence-electron chi connectivity index (χ0n) is 12.6. The lowest BCUT2D eigenvalue weighted by molar-refractivity contribution is -0.140. The van der Waals surface area contributed by atoms with E-state index in [-0.39, 0.29) is 0 Å². The fourth-order valence-corrected chi connectivity index (χ4v) is 1.55. The number of halogens is 3. The Bertz CT molecular complexity index is 568. The van der Waals surface area contributed by atoms with Crippen LogP contribution >= 0.6 is 0 Å². The molecule has 0 saturated heterocycles. The third-order valence-corrected chi connectivity index (χ3v) is 2.76. The Morgan fingerprint density at radius 3 is 2.39 bits per heavy atom. The van der Waals surface area contributed by atoms with Crippen LogP contribution in [0.5, 0.6) is 5.75 Å². The van der Waals surface area contributed by atoms with Gasteiger partial charge in [-0.1, -0.05) is 12.1 Å². The molecule has 1 rings (SSSR count). The largest absolute Gasteiger partial charge is 0.497 e. The summed E-state index contributed by atoms with van der Waals surface area (Å²) >= 11 is 0. The number of hydrogen-bond donors (Lipinski definition) is 2. The van der Waals surface area contributed by atoms with Gasteiger partial charge in [0.1, 0.15) is 18.3 Å². The molecule has 1 atom stereocenters. The highest BCUT2D eigenvalue weighted by molar-refractivity contribution is 5.95. The van der Waals surface area contributed by atoms with E-state index in [0.717, 1.165) is 5.56 Å². The van der Waals surface area contributed by atoms with Crippen molar-refractivity contribution in [3.63, 3.8) is 0 Å². The van der Waals surface area contributed by atoms with Crippen LogP contribution in [0.15, 0.2) is 30.3 Å². The van der Waals surface area contributed by atoms with Gasteiger partial charge in [-0.3, -0.25) is 9.59 Å². The summed E-state index contributed by atoms with van der Waals surface area (Å²) in [4.78, 5) is 23.0. The minimum atomic E-state index is -4.49. The van der Waals surface area contributed by atoms with Gasteiger partial charge in [0.2, 0.25) is 11.8 Å². The van der Waals surface area contributed by atoms with Crippen molar-refractivity contribution in [2.75, 3.05) is 13.7 Å². The fraction of sp³-hybridized carbons (Fsp3) is 0.333. The first-order chi connectivity index (χ1) is 10.7. The summed E-state index contributed by atoms with van der Waals surface area (Å²) in [6.45, 7) is -0.140. The first kappa shape index (κ1) is 18.5. The standard InChI is InChI=1S/C15H17F3N2O3/c1-10(14(22)19-9-15(16,17)18)20-13(21)8-5-11-3-6-12(23-2)7-4-11/h3-8,10H,9H2,1-2H3,(H,19,22)(H,20,21)/b8-5+. The minimum absolute atomic E-state index is 0.588. The van der Waals surface area contributed by atoms with Crippen LogP contribution in [0, 0.1) is 0 Å². The second kappa shape index (κ2) is 8.21. The molecule has 0 bridgehead atoms. The molecular weight excluding hydrogens is 313 g/mol. The third kappa shape index (κ3) is 7.35. The van der Waals surface area contributed by atoms with Gasteiger partial charge in [-0.05, 0) is 30.7 Å². The van der Waals surface area contributed by atoms with Crippen LogP contribution in [0.3, 0.4) is 0 Å². The van der Waals surface area contributed by atoms with E-state index in [1.807, 2.05) is 0 Å². The first-order valence-corrected chi connectivity index (χ1v) is 6.68. The van der Waals surface area contributed by atoms with E-state index in [2.05, 4.69) is 5.32 Å². The van der Waals surface area contributed by atoms with Crippen molar-refractivity contribution < 1.29 is 27.5 Å². The van der Waals surface area contributed by atoms with Crippen LogP contribution in [0.2, 0.25) is 0 Å². The molecule has 0 aromatic heterocycles. The number of alkyl halides is 3. The Morgan fingerprint density at radius 2 is 1.87 bits per heavy atom. The minimum Gasteiger partial charge on any atom is -0.497 e. The van der Waals surface area contributed by atoms with Gasteiger partial charge in [0.15, 0.2) is 0 Å². The normalized spacial score (nSPS) is 12.7. The van der Waals surface area contributed by atoms with Crippen LogP contribution < -0.4 is 15.4 Å². The van der Waals surface area contributed by atoms with E-state index in [1.165, 1.54) is 26.2 Å². The maximum Gasteiger partial charge on any atom is 0.405 e. The summed E-state index contributed by atoms with van der Waals surface area (Å²) in [5.41, 5.74) is 0.732. The molecule has 1 unspecified atom stereocenters. The number of benzene rings is 1. The molecule has 1 aromatic rings. The summed E-state index contributed by atoms with van der Waals surface area (Å²) in [7, 11) is 1.53. The molecule has 126 valence electrons. The second-order valence-corrected chi connectivity index (χ2v) is 4.67. The zero-order chi connectivity index (χ0) is 17.5. The number of methoxy groups -OCH3 is 1. The third-order valence-electron chi connectivity index (χ3n) is 2.76. The lowest BCUT2D eigenvalue weighted by Crippen LogP contribution is -2.46. The molecule has 0 aliphatic rings. The lowest BCUT2D eigenvalue weighted by atomic mass is 10.2. The van der Waals surface area contributed by atoms with Crippen LogP contribution in [0.1, 0.15) is 12.5 Å². The van der Waals surface area contributed by atoms with Crippen LogP contribution in [-0.2, 0) is 9.59 Å². The van der Waals surface area contributed by atoms with E-state index < -0.39 is 30.6 Å². The Balaban J connectivity index is 2.48. The highest BCUT2D eigenvalue weighted by atomic mass is 19.4. The first-order valence-electron chi connectivity index (χ1n) is 6.68. The quantitative estimate of drug-likeness (QED) is 0.783. The number of amides is 2. The molecule has 1 aromatic carbocycles. The highest BCUT2D eigenvalue weighted by Crippen LogP contribution is 2.13. The van der Waals surface area contributed by atoms with Gasteiger partial charge in [0.05, 0.1) is 7.11 Å². The number of carbonyl (C=O) groups excluding carboxylic acids is 2. The van der Waals surface area contributed by atoms with E-state index in [1.54, 1.807) is 29.6 Å². The summed E-state index contributed by atoms with van der Waals surface area (Å²) in [6, 6.07) is 5.80. The summed E-state index contributed by atoms with van der Waals surface area (Å²) in [6.07, 6.45) is -1.79. The molecule has 23 heavy (non-hydrogen) atoms. The number of ether oxygens (including phenoxy) is 1. The van der Waals surface area contributed by atoms with Gasteiger partial charge in [0.25, 0.3) is 0 Å². The Morgan fingerprint density at radius 1 is 1.26 bits per heavy atom. The monoisotopic (exact) mass is 330 g/mol. The molecule has 8 heteroatoms. The predicted molar refractivity (Wildman–Crippen MR) is 78.7 cm³/mol. The highest BCUT2D eigenvalue weighted by Gasteiger charge is 2.28. The van der Waals surface area contributed by atoms with Gasteiger partial charge < -0.3 is 15.4 Å². The molecular formula is C15H17F3N2O3. The molecule has 2 N–H and O–H groups in total. The fourth-order valence-electron chi connectivity index (χ4n) is 1.55. The smallest absolute Gasteiger partial charge is 0.405 e. The topological polar surface area (TPSA) is 67.4 Å². The van der Waals surface area contributed by atoms with Crippen molar-refractivity contribution >= 4 is 17.9 Å². The van der Waals surface area contributed by atoms with E-state index >= 15 is 0 Å². The Hall–Kier alpha value is -2.51. The van der Waals surface area contributed by atoms with Gasteiger partial charge in [-0.2, -0.15) is 13.2 Å². The van der Waals surface area contributed by atoms with Gasteiger partial charge in [-0.15, -0.1) is 0 Å². The summed E-state index contributed by atoms with van der Waals surface area (Å²) in [5.74, 6) is -0.828. The average Bonchev–Trinajstić information content (AvgIpc) is 2.50. The van der Waals surface area contributed by atoms with Crippen molar-refractivity contribution in [2.45, 2.75) is 19.1 Å². The van der Waals surface area contributed by atoms with Crippen molar-refractivity contribution in [1.29, 1.82) is 0 Å². The zero-order valence-corrected chi connectivity index (χ0v) is 12.6.